The van der Waals surface area contributed by atoms with E-state index >= 15 is 0 Å². The number of primary amides is 1. The maximum absolute atomic E-state index is 13.3. The van der Waals surface area contributed by atoms with Crippen LogP contribution in [0.2, 0.25) is 5.02 Å². The summed E-state index contributed by atoms with van der Waals surface area (Å²) in [5, 5.41) is 3.75. The van der Waals surface area contributed by atoms with Crippen molar-refractivity contribution in [1.29, 1.82) is 0 Å². The summed E-state index contributed by atoms with van der Waals surface area (Å²) in [6, 6.07) is 18.8. The van der Waals surface area contributed by atoms with Crippen LogP contribution in [0.25, 0.3) is 0 Å². The largest absolute Gasteiger partial charge is 0.439 e. The maximum atomic E-state index is 13.3. The molecule has 37 heavy (non-hydrogen) atoms. The van der Waals surface area contributed by atoms with E-state index in [1.54, 1.807) is 55.5 Å². The molecule has 1 amide bonds. The predicted molar refractivity (Wildman–Crippen MR) is 141 cm³/mol. The lowest BCUT2D eigenvalue weighted by atomic mass is 10.1. The number of amides is 1. The van der Waals surface area contributed by atoms with Gasteiger partial charge in [-0.25, -0.2) is 9.97 Å². The van der Waals surface area contributed by atoms with E-state index in [1.165, 1.54) is 16.8 Å². The van der Waals surface area contributed by atoms with Gasteiger partial charge in [0.1, 0.15) is 17.2 Å². The van der Waals surface area contributed by atoms with Gasteiger partial charge in [-0.3, -0.25) is 19.0 Å². The lowest BCUT2D eigenvalue weighted by molar-refractivity contribution is -0.118. The Morgan fingerprint density at radius 2 is 1.78 bits per heavy atom. The first kappa shape index (κ1) is 25.6. The summed E-state index contributed by atoms with van der Waals surface area (Å²) in [4.78, 5) is 45.1. The Morgan fingerprint density at radius 3 is 2.46 bits per heavy atom. The number of hydrogen-bond donors (Lipinski definition) is 2. The summed E-state index contributed by atoms with van der Waals surface area (Å²) in [5.41, 5.74) is 6.91. The Labute approximate surface area is 217 Å². The number of ketones is 1. The first-order valence-corrected chi connectivity index (χ1v) is 11.9. The number of rotatable bonds is 10. The zero-order valence-electron chi connectivity index (χ0n) is 20.0. The molecule has 0 spiro atoms. The van der Waals surface area contributed by atoms with E-state index in [2.05, 4.69) is 15.3 Å². The predicted octanol–water partition coefficient (Wildman–Crippen LogP) is 4.50. The topological polar surface area (TPSA) is 129 Å². The Morgan fingerprint density at radius 1 is 1.05 bits per heavy atom. The molecule has 0 unspecified atom stereocenters. The first-order chi connectivity index (χ1) is 17.8. The fourth-order valence-electron chi connectivity index (χ4n) is 3.48. The maximum Gasteiger partial charge on any atom is 0.267 e. The highest BCUT2D eigenvalue weighted by Crippen LogP contribution is 2.23. The van der Waals surface area contributed by atoms with Gasteiger partial charge in [-0.05, 0) is 48.0 Å². The molecule has 0 aliphatic heterocycles. The van der Waals surface area contributed by atoms with Crippen LogP contribution in [0.4, 0.5) is 11.6 Å². The van der Waals surface area contributed by atoms with Crippen molar-refractivity contribution in [3.05, 3.63) is 105 Å². The Hall–Kier alpha value is -4.50. The van der Waals surface area contributed by atoms with E-state index in [9.17, 15) is 14.4 Å². The number of Topliss-reactive ketones (excluding diaryl/α,β-unsaturated/α-hetero) is 1. The number of benzene rings is 2. The molecule has 0 aliphatic carbocycles. The van der Waals surface area contributed by atoms with Gasteiger partial charge in [0.25, 0.3) is 11.5 Å². The minimum Gasteiger partial charge on any atom is -0.439 e. The average Bonchev–Trinajstić information content (AvgIpc) is 2.90. The summed E-state index contributed by atoms with van der Waals surface area (Å²) < 4.78 is 7.20. The van der Waals surface area contributed by atoms with Crippen LogP contribution in [0.3, 0.4) is 0 Å². The normalized spacial score (nSPS) is 10.6. The molecule has 10 heteroatoms. The third-order valence-corrected chi connectivity index (χ3v) is 5.71. The second-order valence-corrected chi connectivity index (χ2v) is 8.61. The van der Waals surface area contributed by atoms with E-state index in [4.69, 9.17) is 22.1 Å². The van der Waals surface area contributed by atoms with Gasteiger partial charge in [0.05, 0.1) is 6.54 Å². The third kappa shape index (κ3) is 6.59. The number of nitrogens with zero attached hydrogens (tertiary/aromatic N) is 3. The zero-order chi connectivity index (χ0) is 26.4. The fourth-order valence-corrected chi connectivity index (χ4v) is 3.60. The number of ether oxygens (including phenoxy) is 1. The highest BCUT2D eigenvalue weighted by Gasteiger charge is 2.14. The monoisotopic (exact) mass is 517 g/mol. The zero-order valence-corrected chi connectivity index (χ0v) is 20.7. The molecular weight excluding hydrogens is 494 g/mol. The van der Waals surface area contributed by atoms with Gasteiger partial charge in [-0.1, -0.05) is 36.7 Å². The van der Waals surface area contributed by atoms with Crippen LogP contribution in [-0.4, -0.2) is 26.2 Å². The van der Waals surface area contributed by atoms with Crippen LogP contribution in [0.1, 0.15) is 35.0 Å². The van der Waals surface area contributed by atoms with Gasteiger partial charge in [-0.2, -0.15) is 0 Å². The number of anilines is 2. The molecule has 2 aromatic heterocycles. The molecule has 0 saturated carbocycles. The summed E-state index contributed by atoms with van der Waals surface area (Å²) in [6.45, 7) is 2.00. The van der Waals surface area contributed by atoms with Crippen LogP contribution < -0.4 is 21.3 Å². The summed E-state index contributed by atoms with van der Waals surface area (Å²) in [6.07, 6.45) is 1.80. The number of nitrogens with one attached hydrogen (secondary N) is 1. The Balaban J connectivity index is 1.58. The molecule has 3 N–H and O–H groups in total. The van der Waals surface area contributed by atoms with Crippen LogP contribution in [0.15, 0.2) is 77.7 Å². The summed E-state index contributed by atoms with van der Waals surface area (Å²) in [7, 11) is 0. The number of aromatic nitrogens is 3. The van der Waals surface area contributed by atoms with E-state index in [0.29, 0.717) is 34.4 Å². The van der Waals surface area contributed by atoms with Crippen molar-refractivity contribution in [3.63, 3.8) is 0 Å². The van der Waals surface area contributed by atoms with Crippen molar-refractivity contribution < 1.29 is 14.3 Å². The smallest absolute Gasteiger partial charge is 0.267 e. The van der Waals surface area contributed by atoms with Gasteiger partial charge in [0, 0.05) is 41.4 Å². The molecule has 9 nitrogen and oxygen atoms in total. The average molecular weight is 518 g/mol. The number of carbonyl (C=O) groups is 2. The molecule has 4 aromatic rings. The van der Waals surface area contributed by atoms with Crippen LogP contribution >= 0.6 is 11.6 Å². The summed E-state index contributed by atoms with van der Waals surface area (Å²) >= 11 is 6.00. The van der Waals surface area contributed by atoms with Crippen molar-refractivity contribution in [3.8, 4) is 11.6 Å². The quantitative estimate of drug-likeness (QED) is 0.317. The highest BCUT2D eigenvalue weighted by atomic mass is 35.5. The van der Waals surface area contributed by atoms with Gasteiger partial charge in [0.15, 0.2) is 0 Å². The van der Waals surface area contributed by atoms with Crippen LogP contribution in [0, 0.1) is 0 Å². The highest BCUT2D eigenvalue weighted by molar-refractivity contribution is 6.30. The van der Waals surface area contributed by atoms with E-state index in [-0.39, 0.29) is 35.9 Å². The Bertz CT molecular complexity index is 1480. The molecule has 0 atom stereocenters. The molecule has 0 bridgehead atoms. The minimum absolute atomic E-state index is 0.0280. The van der Waals surface area contributed by atoms with E-state index < -0.39 is 5.91 Å². The molecule has 0 saturated heterocycles. The fraction of sp³-hybridized carbons (Fsp3) is 0.148. The van der Waals surface area contributed by atoms with Crippen molar-refractivity contribution in [1.82, 2.24) is 14.5 Å². The lowest BCUT2D eigenvalue weighted by Crippen LogP contribution is -2.28. The van der Waals surface area contributed by atoms with Gasteiger partial charge >= 0.3 is 0 Å². The van der Waals surface area contributed by atoms with Crippen molar-refractivity contribution in [2.75, 3.05) is 5.32 Å². The van der Waals surface area contributed by atoms with E-state index in [0.717, 1.165) is 5.56 Å². The van der Waals surface area contributed by atoms with Gasteiger partial charge in [-0.15, -0.1) is 0 Å². The van der Waals surface area contributed by atoms with Crippen LogP contribution in [-0.2, 0) is 17.8 Å². The summed E-state index contributed by atoms with van der Waals surface area (Å²) in [5.74, 6) is 0.348. The third-order valence-electron chi connectivity index (χ3n) is 5.46. The molecule has 2 aromatic carbocycles. The lowest BCUT2D eigenvalue weighted by Gasteiger charge is -2.15. The second-order valence-electron chi connectivity index (χ2n) is 8.17. The molecule has 188 valence electrons. The second kappa shape index (κ2) is 11.5. The van der Waals surface area contributed by atoms with Crippen molar-refractivity contribution in [2.24, 2.45) is 5.73 Å². The molecule has 0 fully saturated rings. The van der Waals surface area contributed by atoms with Crippen molar-refractivity contribution >= 4 is 34.9 Å². The number of hydrogen-bond acceptors (Lipinski definition) is 7. The molecular formula is C27H24ClN5O4. The van der Waals surface area contributed by atoms with Crippen LogP contribution in [0.5, 0.6) is 11.6 Å². The standard InChI is InChI=1S/C27H24ClN5O4/c1-2-21(34)14-18-15-30-27(33(26(18)36)16-17-6-8-19(28)9-7-17)31-20-10-12-22(13-11-20)37-24-5-3-4-23(32-24)25(29)35/h3-13,15H,2,14,16H2,1H3,(H2,29,35)(H,30,31). The number of halogens is 1. The molecule has 4 rings (SSSR count). The molecule has 0 aliphatic rings. The van der Waals surface area contributed by atoms with Crippen molar-refractivity contribution in [2.45, 2.75) is 26.3 Å². The first-order valence-electron chi connectivity index (χ1n) is 11.5. The van der Waals surface area contributed by atoms with Gasteiger partial charge in [0.2, 0.25) is 11.8 Å². The number of nitrogens with two attached hydrogens (primary N) is 1. The van der Waals surface area contributed by atoms with Gasteiger partial charge < -0.3 is 15.8 Å². The Kier molecular flexibility index (Phi) is 7.95. The SMILES string of the molecule is CCC(=O)Cc1cnc(Nc2ccc(Oc3cccc(C(N)=O)n3)cc2)n(Cc2ccc(Cl)cc2)c1=O. The van der Waals surface area contributed by atoms with E-state index in [1.807, 2.05) is 12.1 Å². The number of pyridine rings is 1. The molecule has 0 radical (unpaired) electrons. The minimum atomic E-state index is -0.646. The number of carbonyl (C=O) groups excluding carboxylic acids is 2. The molecule has 2 heterocycles.